The largest absolute Gasteiger partial charge is 0.477 e. The Labute approximate surface area is 165 Å². The Kier molecular flexibility index (Phi) is 5.93. The first-order valence-corrected chi connectivity index (χ1v) is 8.76. The molecule has 7 nitrogen and oxygen atoms in total. The van der Waals surface area contributed by atoms with E-state index in [4.69, 9.17) is 37.2 Å². The maximum Gasteiger partial charge on any atom is 0.347 e. The lowest BCUT2D eigenvalue weighted by Gasteiger charge is -2.16. The van der Waals surface area contributed by atoms with Gasteiger partial charge in [0.2, 0.25) is 5.82 Å². The molecule has 27 heavy (non-hydrogen) atoms. The highest BCUT2D eigenvalue weighted by molar-refractivity contribution is 6.35. The van der Waals surface area contributed by atoms with Gasteiger partial charge < -0.3 is 14.0 Å². The van der Waals surface area contributed by atoms with Crippen molar-refractivity contribution in [2.24, 2.45) is 0 Å². The Hall–Kier alpha value is -2.64. The SMILES string of the molecule is CC(Oc1ccc(Cl)cc1Cl)C(=O)OC(C)c1nc(-c2cccnc2)no1. The van der Waals surface area contributed by atoms with Gasteiger partial charge in [-0.05, 0) is 44.2 Å². The lowest BCUT2D eigenvalue weighted by atomic mass is 10.3. The minimum absolute atomic E-state index is 0.166. The van der Waals surface area contributed by atoms with E-state index < -0.39 is 18.2 Å². The molecule has 0 bridgehead atoms. The molecule has 3 rings (SSSR count). The molecule has 2 atom stereocenters. The standard InChI is InChI=1S/C18H15Cl2N3O4/c1-10(17-22-16(23-27-17)12-4-3-7-21-9-12)26-18(24)11(2)25-15-6-5-13(19)8-14(15)20/h3-11H,1-2H3. The molecule has 0 aliphatic carbocycles. The van der Waals surface area contributed by atoms with Gasteiger partial charge in [0.05, 0.1) is 5.02 Å². The molecule has 0 saturated heterocycles. The van der Waals surface area contributed by atoms with Crippen molar-refractivity contribution in [3.05, 3.63) is 58.7 Å². The van der Waals surface area contributed by atoms with Crippen LogP contribution in [0.3, 0.4) is 0 Å². The Bertz CT molecular complexity index is 933. The van der Waals surface area contributed by atoms with Crippen molar-refractivity contribution >= 4 is 29.2 Å². The second-order valence-electron chi connectivity index (χ2n) is 5.61. The number of pyridine rings is 1. The van der Waals surface area contributed by atoms with Gasteiger partial charge in [-0.1, -0.05) is 28.4 Å². The van der Waals surface area contributed by atoms with E-state index in [0.717, 1.165) is 0 Å². The number of benzene rings is 1. The quantitative estimate of drug-likeness (QED) is 0.555. The molecule has 0 saturated carbocycles. The molecule has 2 heterocycles. The number of rotatable bonds is 6. The zero-order chi connectivity index (χ0) is 19.4. The topological polar surface area (TPSA) is 87.3 Å². The van der Waals surface area contributed by atoms with Crippen molar-refractivity contribution in [3.63, 3.8) is 0 Å². The van der Waals surface area contributed by atoms with Gasteiger partial charge >= 0.3 is 5.97 Å². The average molecular weight is 408 g/mol. The molecule has 140 valence electrons. The van der Waals surface area contributed by atoms with E-state index in [1.807, 2.05) is 0 Å². The number of aromatic nitrogens is 3. The summed E-state index contributed by atoms with van der Waals surface area (Å²) in [4.78, 5) is 20.5. The van der Waals surface area contributed by atoms with E-state index in [9.17, 15) is 4.79 Å². The van der Waals surface area contributed by atoms with Crippen molar-refractivity contribution in [3.8, 4) is 17.1 Å². The molecule has 2 unspecified atom stereocenters. The van der Waals surface area contributed by atoms with E-state index in [2.05, 4.69) is 15.1 Å². The number of nitrogens with zero attached hydrogens (tertiary/aromatic N) is 3. The maximum atomic E-state index is 12.3. The van der Waals surface area contributed by atoms with Crippen LogP contribution in [0.1, 0.15) is 25.8 Å². The van der Waals surface area contributed by atoms with Crippen molar-refractivity contribution in [2.75, 3.05) is 0 Å². The molecule has 9 heteroatoms. The summed E-state index contributed by atoms with van der Waals surface area (Å²) >= 11 is 11.9. The van der Waals surface area contributed by atoms with E-state index in [1.54, 1.807) is 50.5 Å². The Morgan fingerprint density at radius 1 is 1.22 bits per heavy atom. The third-order valence-corrected chi connectivity index (χ3v) is 4.06. The van der Waals surface area contributed by atoms with Gasteiger partial charge in [-0.15, -0.1) is 0 Å². The van der Waals surface area contributed by atoms with Crippen LogP contribution in [0.4, 0.5) is 0 Å². The molecule has 0 fully saturated rings. The Morgan fingerprint density at radius 3 is 2.74 bits per heavy atom. The van der Waals surface area contributed by atoms with E-state index in [0.29, 0.717) is 27.2 Å². The van der Waals surface area contributed by atoms with Gasteiger partial charge in [-0.25, -0.2) is 4.79 Å². The second kappa shape index (κ2) is 8.37. The summed E-state index contributed by atoms with van der Waals surface area (Å²) in [6.45, 7) is 3.18. The molecule has 0 aliphatic rings. The van der Waals surface area contributed by atoms with Crippen LogP contribution in [-0.4, -0.2) is 27.2 Å². The summed E-state index contributed by atoms with van der Waals surface area (Å²) in [5.41, 5.74) is 0.695. The predicted molar refractivity (Wildman–Crippen MR) is 98.6 cm³/mol. The van der Waals surface area contributed by atoms with Crippen molar-refractivity contribution < 1.29 is 18.8 Å². The molecule has 1 aromatic carbocycles. The monoisotopic (exact) mass is 407 g/mol. The molecule has 0 N–H and O–H groups in total. The van der Waals surface area contributed by atoms with Crippen molar-refractivity contribution in [1.82, 2.24) is 15.1 Å². The molecule has 3 aromatic rings. The first-order chi connectivity index (χ1) is 12.9. The van der Waals surface area contributed by atoms with Crippen LogP contribution in [0.25, 0.3) is 11.4 Å². The van der Waals surface area contributed by atoms with Crippen LogP contribution in [0.5, 0.6) is 5.75 Å². The third-order valence-electron chi connectivity index (χ3n) is 3.53. The predicted octanol–water partition coefficient (Wildman–Crippen LogP) is 4.51. The summed E-state index contributed by atoms with van der Waals surface area (Å²) in [6, 6.07) is 8.27. The molecular formula is C18H15Cl2N3O4. The lowest BCUT2D eigenvalue weighted by Crippen LogP contribution is -2.27. The van der Waals surface area contributed by atoms with Crippen LogP contribution in [-0.2, 0) is 9.53 Å². The fourth-order valence-electron chi connectivity index (χ4n) is 2.14. The first kappa shape index (κ1) is 19.1. The molecule has 0 spiro atoms. The lowest BCUT2D eigenvalue weighted by molar-refractivity contribution is -0.157. The second-order valence-corrected chi connectivity index (χ2v) is 6.46. The minimum atomic E-state index is -0.896. The van der Waals surface area contributed by atoms with E-state index in [1.165, 1.54) is 6.07 Å². The highest BCUT2D eigenvalue weighted by atomic mass is 35.5. The number of ether oxygens (including phenoxy) is 2. The van der Waals surface area contributed by atoms with E-state index >= 15 is 0 Å². The van der Waals surface area contributed by atoms with Crippen molar-refractivity contribution in [1.29, 1.82) is 0 Å². The number of esters is 1. The van der Waals surface area contributed by atoms with Crippen LogP contribution < -0.4 is 4.74 Å². The van der Waals surface area contributed by atoms with E-state index in [-0.39, 0.29) is 5.89 Å². The van der Waals surface area contributed by atoms with Crippen LogP contribution >= 0.6 is 23.2 Å². The molecule has 0 aliphatic heterocycles. The number of carbonyl (C=O) groups excluding carboxylic acids is 1. The molecule has 0 radical (unpaired) electrons. The zero-order valence-corrected chi connectivity index (χ0v) is 15.9. The number of carbonyl (C=O) groups is 1. The normalized spacial score (nSPS) is 13.0. The highest BCUT2D eigenvalue weighted by Gasteiger charge is 2.24. The first-order valence-electron chi connectivity index (χ1n) is 8.00. The summed E-state index contributed by atoms with van der Waals surface area (Å²) in [5, 5.41) is 4.64. The Morgan fingerprint density at radius 2 is 2.04 bits per heavy atom. The van der Waals surface area contributed by atoms with Gasteiger partial charge in [-0.2, -0.15) is 4.98 Å². The fourth-order valence-corrected chi connectivity index (χ4v) is 2.60. The van der Waals surface area contributed by atoms with Gasteiger partial charge in [0, 0.05) is 23.0 Å². The molecule has 0 amide bonds. The third kappa shape index (κ3) is 4.75. The van der Waals surface area contributed by atoms with Crippen molar-refractivity contribution in [2.45, 2.75) is 26.1 Å². The van der Waals surface area contributed by atoms with Crippen LogP contribution in [0.2, 0.25) is 10.0 Å². The number of halogens is 2. The molecular weight excluding hydrogens is 393 g/mol. The van der Waals surface area contributed by atoms with Gasteiger partial charge in [-0.3, -0.25) is 4.98 Å². The van der Waals surface area contributed by atoms with Crippen LogP contribution in [0, 0.1) is 0 Å². The summed E-state index contributed by atoms with van der Waals surface area (Å²) < 4.78 is 16.0. The molecule has 2 aromatic heterocycles. The Balaban J connectivity index is 1.62. The number of hydrogen-bond donors (Lipinski definition) is 0. The summed E-state index contributed by atoms with van der Waals surface area (Å²) in [7, 11) is 0. The van der Waals surface area contributed by atoms with Gasteiger partial charge in [0.25, 0.3) is 5.89 Å². The summed E-state index contributed by atoms with van der Waals surface area (Å²) in [5.74, 6) is 0.252. The van der Waals surface area contributed by atoms with Gasteiger partial charge in [0.1, 0.15) is 5.75 Å². The smallest absolute Gasteiger partial charge is 0.347 e. The average Bonchev–Trinajstić information content (AvgIpc) is 3.15. The number of hydrogen-bond acceptors (Lipinski definition) is 7. The zero-order valence-electron chi connectivity index (χ0n) is 14.4. The highest BCUT2D eigenvalue weighted by Crippen LogP contribution is 2.29. The maximum absolute atomic E-state index is 12.3. The van der Waals surface area contributed by atoms with Crippen LogP contribution in [0.15, 0.2) is 47.2 Å². The van der Waals surface area contributed by atoms with Gasteiger partial charge in [0.15, 0.2) is 12.2 Å². The summed E-state index contributed by atoms with van der Waals surface area (Å²) in [6.07, 6.45) is 1.61. The minimum Gasteiger partial charge on any atom is -0.477 e. The fraction of sp³-hybridized carbons (Fsp3) is 0.222.